The lowest BCUT2D eigenvalue weighted by Crippen LogP contribution is -2.19. The van der Waals surface area contributed by atoms with Crippen molar-refractivity contribution < 1.29 is 0 Å². The Morgan fingerprint density at radius 3 is 2.95 bits per heavy atom. The smallest absolute Gasteiger partial charge is 0.344 e. The number of rotatable bonds is 6. The van der Waals surface area contributed by atoms with Gasteiger partial charge in [-0.2, -0.15) is 0 Å². The summed E-state index contributed by atoms with van der Waals surface area (Å²) in [4.78, 5) is 16.2. The number of aromatic amines is 1. The maximum Gasteiger partial charge on any atom is 0.344 e. The van der Waals surface area contributed by atoms with E-state index < -0.39 is 0 Å². The summed E-state index contributed by atoms with van der Waals surface area (Å²) in [6.07, 6.45) is 1.05. The molecule has 0 atom stereocenters. The third-order valence-electron chi connectivity index (χ3n) is 2.66. The molecule has 0 unspecified atom stereocenters. The van der Waals surface area contributed by atoms with Gasteiger partial charge in [-0.05, 0) is 44.2 Å². The molecule has 0 aliphatic carbocycles. The van der Waals surface area contributed by atoms with Crippen molar-refractivity contribution in [1.82, 2.24) is 19.7 Å². The van der Waals surface area contributed by atoms with E-state index in [1.807, 2.05) is 32.0 Å². The standard InChI is InChI=1S/C13H19N5OS/c1-4-8-14-10-6-5-7-11(15-10)20-13-17-16-12(19)18(13)9(2)3/h5-7,9H,4,8H2,1-3H3,(H,14,15)(H,16,19). The molecular formula is C13H19N5OS. The summed E-state index contributed by atoms with van der Waals surface area (Å²) in [5.74, 6) is 0.839. The maximum atomic E-state index is 11.7. The van der Waals surface area contributed by atoms with Crippen LogP contribution in [0.15, 0.2) is 33.2 Å². The fourth-order valence-corrected chi connectivity index (χ4v) is 2.70. The Kier molecular flexibility index (Phi) is 4.84. The van der Waals surface area contributed by atoms with Crippen molar-refractivity contribution >= 4 is 17.6 Å². The van der Waals surface area contributed by atoms with Crippen molar-refractivity contribution in [3.05, 3.63) is 28.7 Å². The van der Waals surface area contributed by atoms with Gasteiger partial charge in [-0.15, -0.1) is 5.10 Å². The van der Waals surface area contributed by atoms with Crippen molar-refractivity contribution in [2.45, 2.75) is 43.4 Å². The number of hydrogen-bond acceptors (Lipinski definition) is 5. The minimum absolute atomic E-state index is 0.0603. The van der Waals surface area contributed by atoms with E-state index in [1.54, 1.807) is 4.57 Å². The highest BCUT2D eigenvalue weighted by Crippen LogP contribution is 2.25. The first-order chi connectivity index (χ1) is 9.61. The van der Waals surface area contributed by atoms with Gasteiger partial charge in [0.1, 0.15) is 10.8 Å². The van der Waals surface area contributed by atoms with Crippen LogP contribution < -0.4 is 11.0 Å². The zero-order valence-electron chi connectivity index (χ0n) is 11.9. The minimum Gasteiger partial charge on any atom is -0.370 e. The van der Waals surface area contributed by atoms with Gasteiger partial charge in [0.2, 0.25) is 0 Å². The number of pyridine rings is 1. The molecule has 2 rings (SSSR count). The number of H-pyrrole nitrogens is 1. The SMILES string of the molecule is CCCNc1cccc(Sc2n[nH]c(=O)n2C(C)C)n1. The van der Waals surface area contributed by atoms with E-state index in [9.17, 15) is 4.79 Å². The second-order valence-electron chi connectivity index (χ2n) is 4.66. The Morgan fingerprint density at radius 2 is 2.25 bits per heavy atom. The van der Waals surface area contributed by atoms with Crippen molar-refractivity contribution in [1.29, 1.82) is 0 Å². The lowest BCUT2D eigenvalue weighted by Gasteiger charge is -2.09. The summed E-state index contributed by atoms with van der Waals surface area (Å²) in [6, 6.07) is 5.84. The van der Waals surface area contributed by atoms with Crippen molar-refractivity contribution in [3.8, 4) is 0 Å². The number of hydrogen-bond donors (Lipinski definition) is 2. The Balaban J connectivity index is 2.20. The van der Waals surface area contributed by atoms with E-state index in [4.69, 9.17) is 0 Å². The van der Waals surface area contributed by atoms with Gasteiger partial charge in [0, 0.05) is 12.6 Å². The molecule has 2 N–H and O–H groups in total. The molecule has 20 heavy (non-hydrogen) atoms. The van der Waals surface area contributed by atoms with Gasteiger partial charge in [-0.25, -0.2) is 14.9 Å². The zero-order chi connectivity index (χ0) is 14.5. The monoisotopic (exact) mass is 293 g/mol. The molecule has 0 amide bonds. The predicted octanol–water partition coefficient (Wildman–Crippen LogP) is 2.52. The summed E-state index contributed by atoms with van der Waals surface area (Å²) < 4.78 is 1.62. The van der Waals surface area contributed by atoms with Crippen molar-refractivity contribution in [2.24, 2.45) is 0 Å². The topological polar surface area (TPSA) is 75.6 Å². The molecular weight excluding hydrogens is 274 g/mol. The first-order valence-corrected chi connectivity index (χ1v) is 7.49. The van der Waals surface area contributed by atoms with Crippen LogP contribution in [0.1, 0.15) is 33.2 Å². The summed E-state index contributed by atoms with van der Waals surface area (Å²) in [7, 11) is 0. The summed E-state index contributed by atoms with van der Waals surface area (Å²) in [5, 5.41) is 11.2. The second-order valence-corrected chi connectivity index (χ2v) is 5.65. The number of nitrogens with zero attached hydrogens (tertiary/aromatic N) is 3. The minimum atomic E-state index is -0.192. The molecule has 2 aromatic rings. The summed E-state index contributed by atoms with van der Waals surface area (Å²) in [5.41, 5.74) is -0.192. The zero-order valence-corrected chi connectivity index (χ0v) is 12.7. The highest BCUT2D eigenvalue weighted by molar-refractivity contribution is 7.99. The van der Waals surface area contributed by atoms with E-state index in [1.165, 1.54) is 11.8 Å². The quantitative estimate of drug-likeness (QED) is 0.856. The highest BCUT2D eigenvalue weighted by atomic mass is 32.2. The van der Waals surface area contributed by atoms with E-state index in [-0.39, 0.29) is 11.7 Å². The van der Waals surface area contributed by atoms with Crippen LogP contribution in [0.2, 0.25) is 0 Å². The lowest BCUT2D eigenvalue weighted by molar-refractivity contribution is 0.534. The first kappa shape index (κ1) is 14.6. The fourth-order valence-electron chi connectivity index (χ4n) is 1.73. The van der Waals surface area contributed by atoms with Crippen LogP contribution in [0, 0.1) is 0 Å². The van der Waals surface area contributed by atoms with Crippen LogP contribution in [0.5, 0.6) is 0 Å². The van der Waals surface area contributed by atoms with Crippen LogP contribution in [0.4, 0.5) is 5.82 Å². The number of nitrogens with one attached hydrogen (secondary N) is 2. The predicted molar refractivity (Wildman–Crippen MR) is 80.4 cm³/mol. The molecule has 0 aliphatic rings. The molecule has 0 saturated carbocycles. The van der Waals surface area contributed by atoms with E-state index in [0.717, 1.165) is 23.8 Å². The van der Waals surface area contributed by atoms with Crippen LogP contribution in [-0.4, -0.2) is 26.3 Å². The van der Waals surface area contributed by atoms with Gasteiger partial charge in [0.15, 0.2) is 5.16 Å². The Bertz CT molecular complexity index is 619. The molecule has 2 heterocycles. The fraction of sp³-hybridized carbons (Fsp3) is 0.462. The highest BCUT2D eigenvalue weighted by Gasteiger charge is 2.13. The van der Waals surface area contributed by atoms with Crippen LogP contribution in [-0.2, 0) is 0 Å². The van der Waals surface area contributed by atoms with Gasteiger partial charge in [0.05, 0.1) is 0 Å². The van der Waals surface area contributed by atoms with E-state index in [0.29, 0.717) is 5.16 Å². The van der Waals surface area contributed by atoms with Gasteiger partial charge < -0.3 is 5.32 Å². The molecule has 108 valence electrons. The van der Waals surface area contributed by atoms with Crippen LogP contribution in [0.3, 0.4) is 0 Å². The normalized spacial score (nSPS) is 11.0. The van der Waals surface area contributed by atoms with Crippen LogP contribution >= 0.6 is 11.8 Å². The molecule has 7 heteroatoms. The summed E-state index contributed by atoms with van der Waals surface area (Å²) in [6.45, 7) is 6.90. The summed E-state index contributed by atoms with van der Waals surface area (Å²) >= 11 is 1.38. The van der Waals surface area contributed by atoms with Gasteiger partial charge in [0.25, 0.3) is 0 Å². The third kappa shape index (κ3) is 3.41. The first-order valence-electron chi connectivity index (χ1n) is 6.67. The molecule has 0 aliphatic heterocycles. The molecule has 0 radical (unpaired) electrons. The Hall–Kier alpha value is -1.76. The number of anilines is 1. The van der Waals surface area contributed by atoms with Gasteiger partial charge in [-0.1, -0.05) is 13.0 Å². The number of aromatic nitrogens is 4. The molecule has 0 bridgehead atoms. The second kappa shape index (κ2) is 6.60. The molecule has 0 saturated heterocycles. The van der Waals surface area contributed by atoms with Crippen molar-refractivity contribution in [3.63, 3.8) is 0 Å². The van der Waals surface area contributed by atoms with Gasteiger partial charge in [-0.3, -0.25) is 4.57 Å². The van der Waals surface area contributed by atoms with Gasteiger partial charge >= 0.3 is 5.69 Å². The molecule has 2 aromatic heterocycles. The lowest BCUT2D eigenvalue weighted by atomic mass is 10.4. The van der Waals surface area contributed by atoms with Crippen molar-refractivity contribution in [2.75, 3.05) is 11.9 Å². The third-order valence-corrected chi connectivity index (χ3v) is 3.57. The average molecular weight is 293 g/mol. The maximum absolute atomic E-state index is 11.7. The average Bonchev–Trinajstić information content (AvgIpc) is 2.78. The van der Waals surface area contributed by atoms with Crippen LogP contribution in [0.25, 0.3) is 0 Å². The largest absolute Gasteiger partial charge is 0.370 e. The molecule has 6 nitrogen and oxygen atoms in total. The molecule has 0 fully saturated rings. The van der Waals surface area contributed by atoms with E-state index in [2.05, 4.69) is 27.4 Å². The van der Waals surface area contributed by atoms with E-state index >= 15 is 0 Å². The Morgan fingerprint density at radius 1 is 1.45 bits per heavy atom. The molecule has 0 aromatic carbocycles. The Labute approximate surface area is 122 Å². The molecule has 0 spiro atoms.